The van der Waals surface area contributed by atoms with E-state index in [1.807, 2.05) is 6.92 Å². The van der Waals surface area contributed by atoms with Gasteiger partial charge in [-0.25, -0.2) is 0 Å². The highest BCUT2D eigenvalue weighted by atomic mass is 35.5. The second kappa shape index (κ2) is 8.51. The summed E-state index contributed by atoms with van der Waals surface area (Å²) < 4.78 is 11.8. The van der Waals surface area contributed by atoms with E-state index in [2.05, 4.69) is 5.32 Å². The summed E-state index contributed by atoms with van der Waals surface area (Å²) in [4.78, 5) is 11.5. The van der Waals surface area contributed by atoms with Gasteiger partial charge in [0.15, 0.2) is 0 Å². The van der Waals surface area contributed by atoms with E-state index >= 15 is 0 Å². The van der Waals surface area contributed by atoms with Crippen LogP contribution in [0.25, 0.3) is 0 Å². The monoisotopic (exact) mass is 385 g/mol. The zero-order chi connectivity index (χ0) is 17.7. The first kappa shape index (κ1) is 18.8. The highest BCUT2D eigenvalue weighted by Gasteiger charge is 2.10. The first-order valence-corrected chi connectivity index (χ1v) is 9.43. The molecule has 128 valence electrons. The van der Waals surface area contributed by atoms with Crippen LogP contribution in [0.15, 0.2) is 41.3 Å². The number of hydrogen-bond acceptors (Lipinski definition) is 3. The van der Waals surface area contributed by atoms with Crippen LogP contribution >= 0.6 is 23.2 Å². The third-order valence-corrected chi connectivity index (χ3v) is 5.27. The lowest BCUT2D eigenvalue weighted by Crippen LogP contribution is -2.02. The topological polar surface area (TPSA) is 66.4 Å². The summed E-state index contributed by atoms with van der Waals surface area (Å²) in [5, 5.41) is 13.0. The molecule has 2 N–H and O–H groups in total. The summed E-state index contributed by atoms with van der Waals surface area (Å²) in [7, 11) is -1.07. The van der Waals surface area contributed by atoms with Crippen LogP contribution in [0.5, 0.6) is 0 Å². The number of nitrogens with one attached hydrogen (secondary N) is 1. The Hall–Kier alpha value is -1.56. The number of anilines is 2. The van der Waals surface area contributed by atoms with Gasteiger partial charge >= 0.3 is 5.97 Å². The Morgan fingerprint density at radius 2 is 1.92 bits per heavy atom. The van der Waals surface area contributed by atoms with Crippen molar-refractivity contribution in [2.24, 2.45) is 0 Å². The fourth-order valence-electron chi connectivity index (χ4n) is 2.18. The summed E-state index contributed by atoms with van der Waals surface area (Å²) >= 11 is 12.3. The minimum Gasteiger partial charge on any atom is -0.481 e. The molecule has 24 heavy (non-hydrogen) atoms. The summed E-state index contributed by atoms with van der Waals surface area (Å²) in [6.45, 7) is 1.84. The lowest BCUT2D eigenvalue weighted by Gasteiger charge is -2.14. The normalized spacial score (nSPS) is 12.0. The van der Waals surface area contributed by atoms with E-state index in [0.717, 1.165) is 5.56 Å². The molecule has 0 amide bonds. The molecule has 0 heterocycles. The maximum atomic E-state index is 11.8. The van der Waals surface area contributed by atoms with Crippen LogP contribution in [0.4, 0.5) is 11.4 Å². The standard InChI is InChI=1S/C17H17Cl2NO3S/c1-2-24(23)13-6-7-15(14(19)10-13)20-16-9-12(18)5-3-11(16)4-8-17(21)22/h3,5-7,9-10,20H,2,4,8H2,1H3,(H,21,22). The van der Waals surface area contributed by atoms with E-state index < -0.39 is 16.8 Å². The van der Waals surface area contributed by atoms with Crippen LogP contribution in [0.2, 0.25) is 10.0 Å². The van der Waals surface area contributed by atoms with Gasteiger partial charge in [-0.2, -0.15) is 0 Å². The molecule has 0 saturated carbocycles. The summed E-state index contributed by atoms with van der Waals surface area (Å²) in [6.07, 6.45) is 0.406. The summed E-state index contributed by atoms with van der Waals surface area (Å²) in [6, 6.07) is 10.4. The average Bonchev–Trinajstić information content (AvgIpc) is 2.55. The van der Waals surface area contributed by atoms with Gasteiger partial charge in [-0.1, -0.05) is 36.2 Å². The lowest BCUT2D eigenvalue weighted by molar-refractivity contribution is -0.136. The minimum atomic E-state index is -1.07. The number of benzene rings is 2. The molecule has 0 bridgehead atoms. The molecule has 1 atom stereocenters. The molecule has 2 rings (SSSR count). The molecule has 0 aliphatic heterocycles. The molecular weight excluding hydrogens is 369 g/mol. The molecule has 0 aliphatic carbocycles. The van der Waals surface area contributed by atoms with Gasteiger partial charge < -0.3 is 10.4 Å². The predicted octanol–water partition coefficient (Wildman–Crippen LogP) is 4.88. The molecule has 0 aromatic heterocycles. The van der Waals surface area contributed by atoms with Gasteiger partial charge in [-0.05, 0) is 42.3 Å². The van der Waals surface area contributed by atoms with E-state index in [-0.39, 0.29) is 6.42 Å². The molecule has 0 aliphatic rings. The van der Waals surface area contributed by atoms with Crippen molar-refractivity contribution in [3.63, 3.8) is 0 Å². The molecule has 4 nitrogen and oxygen atoms in total. The van der Waals surface area contributed by atoms with Crippen molar-refractivity contribution < 1.29 is 14.1 Å². The van der Waals surface area contributed by atoms with Crippen molar-refractivity contribution in [2.45, 2.75) is 24.7 Å². The number of rotatable bonds is 7. The smallest absolute Gasteiger partial charge is 0.303 e. The number of carboxylic acids is 1. The second-order valence-electron chi connectivity index (χ2n) is 5.10. The number of hydrogen-bond donors (Lipinski definition) is 2. The number of carbonyl (C=O) groups is 1. The molecule has 0 saturated heterocycles. The first-order valence-electron chi connectivity index (χ1n) is 7.36. The SMILES string of the molecule is CCS(=O)c1ccc(Nc2cc(Cl)ccc2CCC(=O)O)c(Cl)c1. The third-order valence-electron chi connectivity index (χ3n) is 3.42. The van der Waals surface area contributed by atoms with Crippen molar-refractivity contribution in [2.75, 3.05) is 11.1 Å². The summed E-state index contributed by atoms with van der Waals surface area (Å²) in [5.41, 5.74) is 2.18. The fraction of sp³-hybridized carbons (Fsp3) is 0.235. The number of halogens is 2. The Kier molecular flexibility index (Phi) is 6.66. The molecule has 0 fully saturated rings. The highest BCUT2D eigenvalue weighted by Crippen LogP contribution is 2.31. The zero-order valence-corrected chi connectivity index (χ0v) is 15.3. The van der Waals surface area contributed by atoms with Gasteiger partial charge in [0.25, 0.3) is 0 Å². The van der Waals surface area contributed by atoms with E-state index in [0.29, 0.717) is 38.5 Å². The quantitative estimate of drug-likeness (QED) is 0.712. The molecule has 2 aromatic carbocycles. The van der Waals surface area contributed by atoms with Crippen molar-refractivity contribution in [3.05, 3.63) is 52.0 Å². The van der Waals surface area contributed by atoms with Gasteiger partial charge in [0.05, 0.1) is 21.5 Å². The summed E-state index contributed by atoms with van der Waals surface area (Å²) in [5.74, 6) is -0.336. The maximum Gasteiger partial charge on any atom is 0.303 e. The Balaban J connectivity index is 2.28. The minimum absolute atomic E-state index is 0.0263. The Labute approximate surface area is 153 Å². The van der Waals surface area contributed by atoms with Crippen molar-refractivity contribution in [3.8, 4) is 0 Å². The maximum absolute atomic E-state index is 11.8. The van der Waals surface area contributed by atoms with Crippen molar-refractivity contribution in [1.29, 1.82) is 0 Å². The molecule has 0 radical (unpaired) electrons. The molecule has 2 aromatic rings. The van der Waals surface area contributed by atoms with Crippen LogP contribution in [0.1, 0.15) is 18.9 Å². The number of carboxylic acid groups (broad SMARTS) is 1. The third kappa shape index (κ3) is 4.97. The van der Waals surface area contributed by atoms with Gasteiger partial charge in [-0.3, -0.25) is 9.00 Å². The number of aliphatic carboxylic acids is 1. The highest BCUT2D eigenvalue weighted by molar-refractivity contribution is 7.85. The van der Waals surface area contributed by atoms with Gasteiger partial charge in [0, 0.05) is 27.8 Å². The average molecular weight is 386 g/mol. The Morgan fingerprint density at radius 3 is 2.54 bits per heavy atom. The van der Waals surface area contributed by atoms with Gasteiger partial charge in [-0.15, -0.1) is 0 Å². The lowest BCUT2D eigenvalue weighted by atomic mass is 10.1. The first-order chi connectivity index (χ1) is 11.4. The van der Waals surface area contributed by atoms with Crippen molar-refractivity contribution >= 4 is 51.3 Å². The van der Waals surface area contributed by atoms with Crippen LogP contribution in [-0.2, 0) is 22.0 Å². The second-order valence-corrected chi connectivity index (χ2v) is 7.68. The largest absolute Gasteiger partial charge is 0.481 e. The fourth-order valence-corrected chi connectivity index (χ4v) is 3.44. The van der Waals surface area contributed by atoms with Crippen LogP contribution < -0.4 is 5.32 Å². The molecular formula is C17H17Cl2NO3S. The van der Waals surface area contributed by atoms with E-state index in [9.17, 15) is 9.00 Å². The van der Waals surface area contributed by atoms with E-state index in [4.69, 9.17) is 28.3 Å². The van der Waals surface area contributed by atoms with Crippen molar-refractivity contribution in [1.82, 2.24) is 0 Å². The molecule has 0 spiro atoms. The van der Waals surface area contributed by atoms with Crippen LogP contribution in [0, 0.1) is 0 Å². The van der Waals surface area contributed by atoms with Gasteiger partial charge in [0.2, 0.25) is 0 Å². The Bertz CT molecular complexity index is 780. The molecule has 7 heteroatoms. The van der Waals surface area contributed by atoms with Gasteiger partial charge in [0.1, 0.15) is 0 Å². The van der Waals surface area contributed by atoms with E-state index in [1.54, 1.807) is 36.4 Å². The van der Waals surface area contributed by atoms with Crippen LogP contribution in [0.3, 0.4) is 0 Å². The predicted molar refractivity (Wildman–Crippen MR) is 99.1 cm³/mol. The van der Waals surface area contributed by atoms with Crippen LogP contribution in [-0.4, -0.2) is 21.0 Å². The Morgan fingerprint density at radius 1 is 1.17 bits per heavy atom. The number of aryl methyl sites for hydroxylation is 1. The molecule has 1 unspecified atom stereocenters. The van der Waals surface area contributed by atoms with E-state index in [1.165, 1.54) is 0 Å². The zero-order valence-electron chi connectivity index (χ0n) is 13.0.